The highest BCUT2D eigenvalue weighted by atomic mass is 19.3. The fourth-order valence-corrected chi connectivity index (χ4v) is 4.77. The number of amides is 2. The van der Waals surface area contributed by atoms with Gasteiger partial charge in [-0.1, -0.05) is 0 Å². The largest absolute Gasteiger partial charge is 0.475 e. The number of aryl methyl sites for hydroxylation is 1. The molecule has 8 nitrogen and oxygen atoms in total. The fourth-order valence-electron chi connectivity index (χ4n) is 4.77. The molecule has 188 valence electrons. The van der Waals surface area contributed by atoms with Gasteiger partial charge in [-0.2, -0.15) is 4.98 Å². The van der Waals surface area contributed by atoms with E-state index in [1.165, 1.54) is 17.0 Å². The predicted molar refractivity (Wildman–Crippen MR) is 122 cm³/mol. The fraction of sp³-hybridized carbons (Fsp3) is 0.500. The molecule has 0 bridgehead atoms. The number of pyridine rings is 1. The number of carbonyl (C=O) groups is 1. The van der Waals surface area contributed by atoms with E-state index >= 15 is 0 Å². The van der Waals surface area contributed by atoms with E-state index in [2.05, 4.69) is 15.2 Å². The van der Waals surface area contributed by atoms with Gasteiger partial charge in [0.05, 0.1) is 37.3 Å². The molecule has 3 aliphatic rings. The number of piperidine rings is 1. The number of aromatic nitrogens is 1. The molecule has 35 heavy (non-hydrogen) atoms. The van der Waals surface area contributed by atoms with Crippen LogP contribution in [-0.2, 0) is 4.74 Å². The summed E-state index contributed by atoms with van der Waals surface area (Å²) < 4.78 is 52.7. The van der Waals surface area contributed by atoms with E-state index in [0.717, 1.165) is 0 Å². The van der Waals surface area contributed by atoms with Crippen LogP contribution in [0.3, 0.4) is 0 Å². The van der Waals surface area contributed by atoms with Crippen LogP contribution < -0.4 is 15.0 Å². The quantitative estimate of drug-likeness (QED) is 0.645. The molecule has 1 aromatic heterocycles. The van der Waals surface area contributed by atoms with Crippen LogP contribution in [-0.4, -0.2) is 79.6 Å². The Bertz CT molecular complexity index is 1110. The van der Waals surface area contributed by atoms with E-state index in [9.17, 15) is 18.0 Å². The number of likely N-dealkylation sites (tertiary alicyclic amines) is 1. The molecule has 2 saturated heterocycles. The number of carbonyl (C=O) groups excluding carboxylic acids is 1. The second-order valence-electron chi connectivity index (χ2n) is 9.09. The Balaban J connectivity index is 1.42. The lowest BCUT2D eigenvalue weighted by Crippen LogP contribution is -2.37. The molecule has 3 heterocycles. The number of anilines is 2. The third kappa shape index (κ3) is 4.62. The molecule has 3 fully saturated rings. The van der Waals surface area contributed by atoms with Gasteiger partial charge in [0.15, 0.2) is 0 Å². The number of nitrogens with zero attached hydrogens (tertiary/aromatic N) is 3. The number of alkyl halides is 2. The molecule has 2 amide bonds. The van der Waals surface area contributed by atoms with Crippen LogP contribution in [0.15, 0.2) is 24.3 Å². The molecule has 2 N–H and O–H groups in total. The lowest BCUT2D eigenvalue weighted by atomic mass is 10.00. The lowest BCUT2D eigenvalue weighted by molar-refractivity contribution is 0.0607. The average Bonchev–Trinajstić information content (AvgIpc) is 3.16. The maximum Gasteiger partial charge on any atom is 0.321 e. The summed E-state index contributed by atoms with van der Waals surface area (Å²) in [7, 11) is 0. The summed E-state index contributed by atoms with van der Waals surface area (Å²) in [6.45, 7) is 4.00. The van der Waals surface area contributed by atoms with Gasteiger partial charge < -0.3 is 29.7 Å². The second-order valence-corrected chi connectivity index (χ2v) is 9.09. The van der Waals surface area contributed by atoms with E-state index in [1.54, 1.807) is 13.0 Å². The number of aliphatic hydroxyl groups excluding tert-OH is 1. The molecule has 1 aliphatic carbocycles. The first-order valence-electron chi connectivity index (χ1n) is 11.6. The topological polar surface area (TPSA) is 87.2 Å². The van der Waals surface area contributed by atoms with Crippen LogP contribution in [0, 0.1) is 24.6 Å². The summed E-state index contributed by atoms with van der Waals surface area (Å²) in [4.78, 5) is 20.5. The van der Waals surface area contributed by atoms with Crippen molar-refractivity contribution in [2.75, 3.05) is 62.8 Å². The third-order valence-corrected chi connectivity index (χ3v) is 6.82. The standard InChI is InChI=1S/C24H27F3N4O4/c1-14-8-19(25)20(28-23(33)31-12-17-18(13-31)24(17,26)27)11-16(14)15-9-21(30-2-5-34-6-3-30)29-22(10-15)35-7-4-32/h8-11,17-18,32H,2-7,12-13H2,1H3,(H,28,33). The number of aliphatic hydroxyl groups is 1. The number of halogens is 3. The maximum absolute atomic E-state index is 14.8. The first-order chi connectivity index (χ1) is 16.8. The van der Waals surface area contributed by atoms with Gasteiger partial charge in [-0.3, -0.25) is 0 Å². The third-order valence-electron chi connectivity index (χ3n) is 6.82. The monoisotopic (exact) mass is 492 g/mol. The van der Waals surface area contributed by atoms with Crippen molar-refractivity contribution < 1.29 is 32.5 Å². The van der Waals surface area contributed by atoms with Gasteiger partial charge in [0.25, 0.3) is 5.92 Å². The van der Waals surface area contributed by atoms with E-state index in [0.29, 0.717) is 54.7 Å². The van der Waals surface area contributed by atoms with Crippen molar-refractivity contribution in [1.82, 2.24) is 9.88 Å². The summed E-state index contributed by atoms with van der Waals surface area (Å²) in [5.74, 6) is -3.96. The number of rotatable bonds is 6. The van der Waals surface area contributed by atoms with E-state index < -0.39 is 29.6 Å². The molecule has 0 radical (unpaired) electrons. The van der Waals surface area contributed by atoms with Crippen LogP contribution >= 0.6 is 0 Å². The molecular formula is C24H27F3N4O4. The number of hydrogen-bond acceptors (Lipinski definition) is 6. The van der Waals surface area contributed by atoms with Crippen molar-refractivity contribution in [2.45, 2.75) is 12.8 Å². The smallest absolute Gasteiger partial charge is 0.321 e. The first-order valence-corrected chi connectivity index (χ1v) is 11.6. The minimum Gasteiger partial charge on any atom is -0.475 e. The average molecular weight is 492 g/mol. The summed E-state index contributed by atoms with van der Waals surface area (Å²) >= 11 is 0. The Labute approximate surface area is 200 Å². The Morgan fingerprint density at radius 2 is 1.94 bits per heavy atom. The number of nitrogens with one attached hydrogen (secondary N) is 1. The molecule has 1 saturated carbocycles. The maximum atomic E-state index is 14.8. The van der Waals surface area contributed by atoms with Gasteiger partial charge in [-0.05, 0) is 41.8 Å². The Kier molecular flexibility index (Phi) is 6.22. The van der Waals surface area contributed by atoms with E-state index in [4.69, 9.17) is 14.6 Å². The molecule has 2 unspecified atom stereocenters. The molecule has 11 heteroatoms. The van der Waals surface area contributed by atoms with Gasteiger partial charge in [0, 0.05) is 32.2 Å². The minimum atomic E-state index is -2.70. The Morgan fingerprint density at radius 1 is 1.23 bits per heavy atom. The van der Waals surface area contributed by atoms with Crippen LogP contribution in [0.25, 0.3) is 11.1 Å². The summed E-state index contributed by atoms with van der Waals surface area (Å²) in [5, 5.41) is 11.7. The van der Waals surface area contributed by atoms with Crippen molar-refractivity contribution in [1.29, 1.82) is 0 Å². The molecule has 2 aliphatic heterocycles. The number of morpholine rings is 1. The molecule has 5 rings (SSSR count). The van der Waals surface area contributed by atoms with Crippen LogP contribution in [0.2, 0.25) is 0 Å². The summed E-state index contributed by atoms with van der Waals surface area (Å²) in [6, 6.07) is 5.81. The molecule has 0 spiro atoms. The molecule has 1 aromatic carbocycles. The molecule has 2 atom stereocenters. The van der Waals surface area contributed by atoms with Crippen molar-refractivity contribution >= 4 is 17.5 Å². The van der Waals surface area contributed by atoms with Crippen molar-refractivity contribution in [3.63, 3.8) is 0 Å². The van der Waals surface area contributed by atoms with Gasteiger partial charge in [-0.25, -0.2) is 18.0 Å². The zero-order chi connectivity index (χ0) is 24.7. The SMILES string of the molecule is Cc1cc(F)c(NC(=O)N2CC3C(C2)C3(F)F)cc1-c1cc(OCCO)nc(N2CCOCC2)c1. The summed E-state index contributed by atoms with van der Waals surface area (Å²) in [6.07, 6.45) is 0. The van der Waals surface area contributed by atoms with Gasteiger partial charge in [0.1, 0.15) is 18.2 Å². The van der Waals surface area contributed by atoms with E-state index in [1.807, 2.05) is 6.07 Å². The van der Waals surface area contributed by atoms with E-state index in [-0.39, 0.29) is 32.0 Å². The van der Waals surface area contributed by atoms with Gasteiger partial charge >= 0.3 is 6.03 Å². The first kappa shape index (κ1) is 23.7. The van der Waals surface area contributed by atoms with Crippen LogP contribution in [0.1, 0.15) is 5.56 Å². The van der Waals surface area contributed by atoms with Gasteiger partial charge in [0.2, 0.25) is 5.88 Å². The van der Waals surface area contributed by atoms with Gasteiger partial charge in [-0.15, -0.1) is 0 Å². The number of benzene rings is 1. The zero-order valence-electron chi connectivity index (χ0n) is 19.3. The highest BCUT2D eigenvalue weighted by Gasteiger charge is 2.72. The number of hydrogen-bond donors (Lipinski definition) is 2. The Morgan fingerprint density at radius 3 is 2.63 bits per heavy atom. The second kappa shape index (κ2) is 9.19. The minimum absolute atomic E-state index is 0.0366. The number of fused-ring (bicyclic) bond motifs is 1. The Hall–Kier alpha value is -3.05. The highest BCUT2D eigenvalue weighted by molar-refractivity contribution is 5.91. The van der Waals surface area contributed by atoms with Crippen molar-refractivity contribution in [2.24, 2.45) is 11.8 Å². The van der Waals surface area contributed by atoms with Crippen LogP contribution in [0.5, 0.6) is 5.88 Å². The lowest BCUT2D eigenvalue weighted by Gasteiger charge is -2.28. The molecular weight excluding hydrogens is 465 g/mol. The van der Waals surface area contributed by atoms with Crippen molar-refractivity contribution in [3.05, 3.63) is 35.6 Å². The highest BCUT2D eigenvalue weighted by Crippen LogP contribution is 2.59. The van der Waals surface area contributed by atoms with Crippen LogP contribution in [0.4, 0.5) is 29.5 Å². The summed E-state index contributed by atoms with van der Waals surface area (Å²) in [5.41, 5.74) is 1.95. The number of urea groups is 1. The van der Waals surface area contributed by atoms with Crippen molar-refractivity contribution in [3.8, 4) is 17.0 Å². The molecule has 2 aromatic rings. The predicted octanol–water partition coefficient (Wildman–Crippen LogP) is 3.13. The zero-order valence-corrected chi connectivity index (χ0v) is 19.3. The number of ether oxygens (including phenoxy) is 2. The normalized spacial score (nSPS) is 22.7.